The van der Waals surface area contributed by atoms with Crippen LogP contribution in [0.4, 0.5) is 4.39 Å². The van der Waals surface area contributed by atoms with E-state index in [9.17, 15) is 14.0 Å². The molecule has 1 N–H and O–H groups in total. The Labute approximate surface area is 133 Å². The topological polar surface area (TPSA) is 67.9 Å². The summed E-state index contributed by atoms with van der Waals surface area (Å²) < 4.78 is 24.8. The van der Waals surface area contributed by atoms with Crippen molar-refractivity contribution in [3.8, 4) is 0 Å². The summed E-state index contributed by atoms with van der Waals surface area (Å²) in [5, 5.41) is 3.15. The number of imide groups is 1. The van der Waals surface area contributed by atoms with E-state index < -0.39 is 29.9 Å². The second-order valence-corrected chi connectivity index (χ2v) is 6.28. The molecule has 2 amide bonds. The van der Waals surface area contributed by atoms with Crippen LogP contribution in [0.2, 0.25) is 0 Å². The third-order valence-electron chi connectivity index (χ3n) is 4.19. The first-order valence-electron chi connectivity index (χ1n) is 7.06. The van der Waals surface area contributed by atoms with E-state index in [4.69, 9.17) is 8.85 Å². The monoisotopic (exact) mass is 340 g/mol. The summed E-state index contributed by atoms with van der Waals surface area (Å²) >= 11 is 0. The Morgan fingerprint density at radius 1 is 1.18 bits per heavy atom. The summed E-state index contributed by atoms with van der Waals surface area (Å²) in [6.07, 6.45) is 0.657. The van der Waals surface area contributed by atoms with Crippen molar-refractivity contribution in [3.05, 3.63) is 35.1 Å². The maximum absolute atomic E-state index is 13.9. The number of hydrogen-bond acceptors (Lipinski definition) is 5. The zero-order valence-corrected chi connectivity index (χ0v) is 16.3. The number of hydrogen-bond donors (Lipinski definition) is 1. The Morgan fingerprint density at radius 3 is 2.59 bits per heavy atom. The number of carbonyl (C=O) groups is 2. The second kappa shape index (κ2) is 6.01. The molecule has 1 aromatic rings. The molecule has 0 aromatic heterocycles. The second-order valence-electron chi connectivity index (χ2n) is 5.33. The molecule has 1 saturated heterocycles. The highest BCUT2D eigenvalue weighted by atomic mass is 28.2. The molecule has 0 spiro atoms. The lowest BCUT2D eigenvalue weighted by molar-refractivity contribution is -0.0162. The van der Waals surface area contributed by atoms with Crippen LogP contribution in [-0.4, -0.2) is 56.2 Å². The Hall–Kier alpha value is -1.40. The molecular formula is C13H17FN2O4Si2. The van der Waals surface area contributed by atoms with Gasteiger partial charge in [-0.3, -0.25) is 19.8 Å². The van der Waals surface area contributed by atoms with Crippen LogP contribution >= 0.6 is 0 Å². The van der Waals surface area contributed by atoms with Crippen molar-refractivity contribution in [2.45, 2.75) is 31.3 Å². The standard InChI is InChI=1S/C13H17FN2O4Si2/c14-7-3-1-2-6-10(7)13(18)16(12(6)17)8-4-5-9(19-21)15-11(8)20-22/h1-3,8-9,11,15H,4-5H2,21-22H3. The lowest BCUT2D eigenvalue weighted by atomic mass is 10.0. The molecule has 9 heteroatoms. The zero-order valence-electron chi connectivity index (χ0n) is 12.3. The van der Waals surface area contributed by atoms with E-state index in [0.717, 1.165) is 4.90 Å². The third kappa shape index (κ3) is 2.34. The van der Waals surface area contributed by atoms with E-state index in [1.165, 1.54) is 18.2 Å². The van der Waals surface area contributed by atoms with Crippen LogP contribution in [0, 0.1) is 5.82 Å². The molecule has 3 unspecified atom stereocenters. The molecule has 6 nitrogen and oxygen atoms in total. The van der Waals surface area contributed by atoms with Crippen LogP contribution in [0.1, 0.15) is 33.6 Å². The van der Waals surface area contributed by atoms with Gasteiger partial charge in [0.1, 0.15) is 33.0 Å². The molecule has 2 heterocycles. The van der Waals surface area contributed by atoms with Crippen molar-refractivity contribution in [3.63, 3.8) is 0 Å². The smallest absolute Gasteiger partial charge is 0.264 e. The highest BCUT2D eigenvalue weighted by Gasteiger charge is 2.46. The van der Waals surface area contributed by atoms with Crippen molar-refractivity contribution < 1.29 is 22.8 Å². The number of nitrogens with zero attached hydrogens (tertiary/aromatic N) is 1. The molecule has 3 rings (SSSR count). The molecule has 0 radical (unpaired) electrons. The minimum absolute atomic E-state index is 0.117. The molecule has 2 aliphatic heterocycles. The number of halogens is 1. The van der Waals surface area contributed by atoms with Gasteiger partial charge in [0.15, 0.2) is 0 Å². The zero-order chi connectivity index (χ0) is 15.9. The first-order valence-corrected chi connectivity index (χ1v) is 8.69. The van der Waals surface area contributed by atoms with Crippen LogP contribution < -0.4 is 5.32 Å². The van der Waals surface area contributed by atoms with Gasteiger partial charge in [0, 0.05) is 0 Å². The Morgan fingerprint density at radius 2 is 1.95 bits per heavy atom. The van der Waals surface area contributed by atoms with Gasteiger partial charge in [-0.1, -0.05) is 6.07 Å². The molecule has 2 aliphatic rings. The summed E-state index contributed by atoms with van der Waals surface area (Å²) in [6.45, 7) is 0. The van der Waals surface area contributed by atoms with Crippen molar-refractivity contribution in [2.24, 2.45) is 0 Å². The number of benzene rings is 1. The van der Waals surface area contributed by atoms with Crippen molar-refractivity contribution in [1.29, 1.82) is 0 Å². The summed E-state index contributed by atoms with van der Waals surface area (Å²) in [5.74, 6) is -1.70. The van der Waals surface area contributed by atoms with Gasteiger partial charge in [-0.25, -0.2) is 4.39 Å². The number of rotatable bonds is 3. The normalized spacial score (nSPS) is 28.4. The molecule has 0 saturated carbocycles. The summed E-state index contributed by atoms with van der Waals surface area (Å²) in [4.78, 5) is 26.2. The first-order chi connectivity index (χ1) is 10.6. The van der Waals surface area contributed by atoms with Crippen LogP contribution in [0.15, 0.2) is 18.2 Å². The Balaban J connectivity index is 1.92. The quantitative estimate of drug-likeness (QED) is 0.531. The van der Waals surface area contributed by atoms with Crippen LogP contribution in [-0.2, 0) is 8.85 Å². The highest BCUT2D eigenvalue weighted by Crippen LogP contribution is 2.31. The van der Waals surface area contributed by atoms with Crippen LogP contribution in [0.5, 0.6) is 0 Å². The molecule has 1 fully saturated rings. The number of carbonyl (C=O) groups excluding carboxylic acids is 2. The van der Waals surface area contributed by atoms with Gasteiger partial charge >= 0.3 is 0 Å². The molecule has 0 aliphatic carbocycles. The third-order valence-corrected chi connectivity index (χ3v) is 5.27. The summed E-state index contributed by atoms with van der Waals surface area (Å²) in [7, 11) is 1.04. The lowest BCUT2D eigenvalue weighted by Gasteiger charge is -2.40. The fourth-order valence-corrected chi connectivity index (χ4v) is 3.91. The van der Waals surface area contributed by atoms with E-state index in [-0.39, 0.29) is 17.4 Å². The number of nitrogens with one attached hydrogen (secondary N) is 1. The first kappa shape index (κ1) is 15.5. The minimum Gasteiger partial charge on any atom is -0.413 e. The summed E-state index contributed by atoms with van der Waals surface area (Å²) in [6, 6.07) is 3.67. The van der Waals surface area contributed by atoms with Gasteiger partial charge in [-0.15, -0.1) is 0 Å². The molecule has 0 bridgehead atoms. The Kier molecular flexibility index (Phi) is 4.23. The molecule has 118 valence electrons. The average molecular weight is 340 g/mol. The largest absolute Gasteiger partial charge is 0.413 e. The van der Waals surface area contributed by atoms with Gasteiger partial charge in [0.2, 0.25) is 0 Å². The molecule has 22 heavy (non-hydrogen) atoms. The van der Waals surface area contributed by atoms with Crippen molar-refractivity contribution >= 4 is 32.8 Å². The van der Waals surface area contributed by atoms with E-state index in [0.29, 0.717) is 33.8 Å². The average Bonchev–Trinajstić information content (AvgIpc) is 2.79. The number of piperidine rings is 1. The maximum Gasteiger partial charge on any atom is 0.264 e. The maximum atomic E-state index is 13.9. The number of amides is 2. The van der Waals surface area contributed by atoms with Crippen LogP contribution in [0.3, 0.4) is 0 Å². The highest BCUT2D eigenvalue weighted by molar-refractivity contribution is 6.21. The van der Waals surface area contributed by atoms with Gasteiger partial charge in [-0.2, -0.15) is 0 Å². The number of fused-ring (bicyclic) bond motifs is 1. The van der Waals surface area contributed by atoms with Gasteiger partial charge in [0.05, 0.1) is 23.4 Å². The lowest BCUT2D eigenvalue weighted by Crippen LogP contribution is -2.59. The molecular weight excluding hydrogens is 323 g/mol. The predicted octanol–water partition coefficient (Wildman–Crippen LogP) is -1.58. The van der Waals surface area contributed by atoms with E-state index in [2.05, 4.69) is 5.32 Å². The van der Waals surface area contributed by atoms with Crippen LogP contribution in [0.25, 0.3) is 0 Å². The van der Waals surface area contributed by atoms with E-state index in [1.807, 2.05) is 0 Å². The summed E-state index contributed by atoms with van der Waals surface area (Å²) in [5.41, 5.74) is -0.0146. The fraction of sp³-hybridized carbons (Fsp3) is 0.385. The molecule has 1 aromatic carbocycles. The fourth-order valence-electron chi connectivity index (χ4n) is 3.09. The van der Waals surface area contributed by atoms with Crippen molar-refractivity contribution in [2.75, 3.05) is 0 Å². The van der Waals surface area contributed by atoms with Gasteiger partial charge in [-0.05, 0) is 25.0 Å². The minimum atomic E-state index is -0.661. The molecule has 3 atom stereocenters. The van der Waals surface area contributed by atoms with E-state index >= 15 is 0 Å². The van der Waals surface area contributed by atoms with Crippen molar-refractivity contribution in [1.82, 2.24) is 10.2 Å². The Bertz CT molecular complexity index is 630. The predicted molar refractivity (Wildman–Crippen MR) is 82.7 cm³/mol. The van der Waals surface area contributed by atoms with Gasteiger partial charge in [0.25, 0.3) is 11.8 Å². The van der Waals surface area contributed by atoms with E-state index in [1.54, 1.807) is 0 Å². The SMILES string of the molecule is O=C1c2cccc(F)c2C(=O)N1C1CCC(O[SiH3])NC1O[SiH3]. The van der Waals surface area contributed by atoms with Gasteiger partial charge < -0.3 is 8.85 Å².